The molecular formula is C20H35IN4O. The van der Waals surface area contributed by atoms with E-state index in [4.69, 9.17) is 4.74 Å². The molecule has 2 rings (SSSR count). The van der Waals surface area contributed by atoms with Gasteiger partial charge in [-0.15, -0.1) is 24.0 Å². The van der Waals surface area contributed by atoms with Crippen molar-refractivity contribution >= 4 is 29.9 Å². The summed E-state index contributed by atoms with van der Waals surface area (Å²) >= 11 is 0. The first-order chi connectivity index (χ1) is 12.2. The fourth-order valence-corrected chi connectivity index (χ4v) is 3.49. The number of aliphatic imine (C=N–C) groups is 1. The number of para-hydroxylation sites is 1. The summed E-state index contributed by atoms with van der Waals surface area (Å²) < 4.78 is 5.39. The summed E-state index contributed by atoms with van der Waals surface area (Å²) in [5.74, 6) is 1.74. The van der Waals surface area contributed by atoms with E-state index in [1.54, 1.807) is 7.11 Å². The number of benzene rings is 1. The van der Waals surface area contributed by atoms with E-state index in [1.807, 2.05) is 25.2 Å². The fraction of sp³-hybridized carbons (Fsp3) is 0.650. The van der Waals surface area contributed by atoms with E-state index in [9.17, 15) is 0 Å². The SMILES string of the molecule is CN=C(NCCCN(C)C1CCCCC1)NCc1ccccc1OC.I. The van der Waals surface area contributed by atoms with Crippen LogP contribution in [0.4, 0.5) is 0 Å². The van der Waals surface area contributed by atoms with Crippen LogP contribution in [0.5, 0.6) is 5.75 Å². The van der Waals surface area contributed by atoms with E-state index in [0.717, 1.165) is 42.8 Å². The minimum atomic E-state index is 0. The monoisotopic (exact) mass is 474 g/mol. The van der Waals surface area contributed by atoms with E-state index >= 15 is 0 Å². The van der Waals surface area contributed by atoms with Crippen molar-refractivity contribution in [2.45, 2.75) is 51.1 Å². The number of hydrogen-bond acceptors (Lipinski definition) is 3. The Hall–Kier alpha value is -1.02. The Bertz CT molecular complexity index is 532. The fourth-order valence-electron chi connectivity index (χ4n) is 3.49. The summed E-state index contributed by atoms with van der Waals surface area (Å²) in [6.07, 6.45) is 8.07. The number of nitrogens with zero attached hydrogens (tertiary/aromatic N) is 2. The van der Waals surface area contributed by atoms with Crippen molar-refractivity contribution in [1.82, 2.24) is 15.5 Å². The molecule has 0 spiro atoms. The Morgan fingerprint density at radius 2 is 1.92 bits per heavy atom. The van der Waals surface area contributed by atoms with Crippen molar-refractivity contribution in [2.75, 3.05) is 34.3 Å². The number of rotatable bonds is 8. The summed E-state index contributed by atoms with van der Waals surface area (Å²) in [7, 11) is 5.78. The largest absolute Gasteiger partial charge is 0.496 e. The molecule has 0 unspecified atom stereocenters. The molecule has 1 aliphatic rings. The van der Waals surface area contributed by atoms with Crippen LogP contribution in [0.15, 0.2) is 29.3 Å². The maximum atomic E-state index is 5.39. The van der Waals surface area contributed by atoms with Gasteiger partial charge in [0, 0.05) is 31.7 Å². The van der Waals surface area contributed by atoms with Gasteiger partial charge < -0.3 is 20.3 Å². The van der Waals surface area contributed by atoms with Crippen molar-refractivity contribution in [2.24, 2.45) is 4.99 Å². The molecule has 0 bridgehead atoms. The molecule has 0 saturated heterocycles. The van der Waals surface area contributed by atoms with E-state index in [1.165, 1.54) is 32.1 Å². The summed E-state index contributed by atoms with van der Waals surface area (Å²) in [5, 5.41) is 6.76. The predicted molar refractivity (Wildman–Crippen MR) is 121 cm³/mol. The van der Waals surface area contributed by atoms with Crippen LogP contribution in [-0.4, -0.2) is 51.2 Å². The van der Waals surface area contributed by atoms with Crippen LogP contribution < -0.4 is 15.4 Å². The lowest BCUT2D eigenvalue weighted by Gasteiger charge is -2.31. The molecule has 1 aliphatic carbocycles. The van der Waals surface area contributed by atoms with Crippen LogP contribution in [0, 0.1) is 0 Å². The quantitative estimate of drug-likeness (QED) is 0.262. The molecule has 0 heterocycles. The first-order valence-electron chi connectivity index (χ1n) is 9.51. The number of guanidine groups is 1. The van der Waals surface area contributed by atoms with Crippen LogP contribution in [0.3, 0.4) is 0 Å². The second kappa shape index (κ2) is 13.2. The van der Waals surface area contributed by atoms with Crippen molar-refractivity contribution in [3.05, 3.63) is 29.8 Å². The zero-order valence-electron chi connectivity index (χ0n) is 16.5. The lowest BCUT2D eigenvalue weighted by Crippen LogP contribution is -2.39. The molecular weight excluding hydrogens is 439 g/mol. The maximum absolute atomic E-state index is 5.39. The summed E-state index contributed by atoms with van der Waals surface area (Å²) in [5.41, 5.74) is 1.13. The van der Waals surface area contributed by atoms with Gasteiger partial charge in [0.25, 0.3) is 0 Å². The molecule has 2 N–H and O–H groups in total. The van der Waals surface area contributed by atoms with E-state index in [2.05, 4.69) is 33.6 Å². The van der Waals surface area contributed by atoms with Gasteiger partial charge in [0.2, 0.25) is 0 Å². The number of ether oxygens (including phenoxy) is 1. The zero-order valence-corrected chi connectivity index (χ0v) is 18.8. The average molecular weight is 474 g/mol. The van der Waals surface area contributed by atoms with Gasteiger partial charge in [0.05, 0.1) is 7.11 Å². The molecule has 0 radical (unpaired) electrons. The minimum Gasteiger partial charge on any atom is -0.496 e. The zero-order chi connectivity index (χ0) is 17.9. The van der Waals surface area contributed by atoms with Crippen LogP contribution in [0.25, 0.3) is 0 Å². The van der Waals surface area contributed by atoms with Gasteiger partial charge in [0.1, 0.15) is 5.75 Å². The molecule has 0 amide bonds. The number of methoxy groups -OCH3 is 1. The van der Waals surface area contributed by atoms with Crippen LogP contribution in [0.2, 0.25) is 0 Å². The van der Waals surface area contributed by atoms with Crippen molar-refractivity contribution in [3.63, 3.8) is 0 Å². The molecule has 1 aromatic carbocycles. The molecule has 1 saturated carbocycles. The summed E-state index contributed by atoms with van der Waals surface area (Å²) in [6, 6.07) is 8.85. The van der Waals surface area contributed by atoms with Gasteiger partial charge in [-0.1, -0.05) is 37.5 Å². The standard InChI is InChI=1S/C20H34N4O.HI/c1-21-20(23-16-17-10-7-8-13-19(17)25-3)22-14-9-15-24(2)18-11-5-4-6-12-18;/h7-8,10,13,18H,4-6,9,11-12,14-16H2,1-3H3,(H2,21,22,23);1H. The normalized spacial score (nSPS) is 15.5. The first-order valence-corrected chi connectivity index (χ1v) is 9.51. The van der Waals surface area contributed by atoms with Crippen LogP contribution in [-0.2, 0) is 6.54 Å². The van der Waals surface area contributed by atoms with Gasteiger partial charge in [-0.05, 0) is 38.9 Å². The van der Waals surface area contributed by atoms with Gasteiger partial charge in [-0.25, -0.2) is 0 Å². The molecule has 1 fully saturated rings. The lowest BCUT2D eigenvalue weighted by atomic mass is 9.94. The third kappa shape index (κ3) is 7.70. The minimum absolute atomic E-state index is 0. The smallest absolute Gasteiger partial charge is 0.191 e. The number of nitrogens with one attached hydrogen (secondary N) is 2. The van der Waals surface area contributed by atoms with Gasteiger partial charge in [-0.2, -0.15) is 0 Å². The summed E-state index contributed by atoms with van der Waals surface area (Å²) in [4.78, 5) is 6.84. The van der Waals surface area contributed by atoms with E-state index in [0.29, 0.717) is 6.54 Å². The Balaban J connectivity index is 0.00000338. The Labute approximate surface area is 176 Å². The molecule has 1 aromatic rings. The van der Waals surface area contributed by atoms with Crippen molar-refractivity contribution in [3.8, 4) is 5.75 Å². The number of hydrogen-bond donors (Lipinski definition) is 2. The highest BCUT2D eigenvalue weighted by Crippen LogP contribution is 2.21. The Morgan fingerprint density at radius 1 is 1.19 bits per heavy atom. The average Bonchev–Trinajstić information content (AvgIpc) is 2.68. The third-order valence-electron chi connectivity index (χ3n) is 5.04. The molecule has 0 aromatic heterocycles. The maximum Gasteiger partial charge on any atom is 0.191 e. The predicted octanol–water partition coefficient (Wildman–Crippen LogP) is 3.63. The van der Waals surface area contributed by atoms with Gasteiger partial charge in [-0.3, -0.25) is 4.99 Å². The molecule has 0 aliphatic heterocycles. The van der Waals surface area contributed by atoms with Gasteiger partial charge in [0.15, 0.2) is 5.96 Å². The van der Waals surface area contributed by atoms with Gasteiger partial charge >= 0.3 is 0 Å². The third-order valence-corrected chi connectivity index (χ3v) is 5.04. The summed E-state index contributed by atoms with van der Waals surface area (Å²) in [6.45, 7) is 2.77. The second-order valence-corrected chi connectivity index (χ2v) is 6.79. The second-order valence-electron chi connectivity index (χ2n) is 6.79. The Morgan fingerprint density at radius 3 is 2.62 bits per heavy atom. The van der Waals surface area contributed by atoms with Crippen LogP contribution in [0.1, 0.15) is 44.1 Å². The Kier molecular flexibility index (Phi) is 11.7. The highest BCUT2D eigenvalue weighted by Gasteiger charge is 2.17. The molecule has 5 nitrogen and oxygen atoms in total. The highest BCUT2D eigenvalue weighted by atomic mass is 127. The highest BCUT2D eigenvalue weighted by molar-refractivity contribution is 14.0. The molecule has 148 valence electrons. The van der Waals surface area contributed by atoms with Crippen LogP contribution >= 0.6 is 24.0 Å². The van der Waals surface area contributed by atoms with E-state index < -0.39 is 0 Å². The lowest BCUT2D eigenvalue weighted by molar-refractivity contribution is 0.190. The number of halogens is 1. The van der Waals surface area contributed by atoms with Crippen molar-refractivity contribution in [1.29, 1.82) is 0 Å². The van der Waals surface area contributed by atoms with Crippen molar-refractivity contribution < 1.29 is 4.74 Å². The van der Waals surface area contributed by atoms with E-state index in [-0.39, 0.29) is 24.0 Å². The molecule has 26 heavy (non-hydrogen) atoms. The molecule has 6 heteroatoms. The topological polar surface area (TPSA) is 48.9 Å². The molecule has 0 atom stereocenters. The first kappa shape index (κ1) is 23.0.